The first-order chi connectivity index (χ1) is 8.83. The van der Waals surface area contributed by atoms with Gasteiger partial charge in [0.15, 0.2) is 0 Å². The predicted octanol–water partition coefficient (Wildman–Crippen LogP) is 2.98. The average molecular weight is 250 g/mol. The van der Waals surface area contributed by atoms with E-state index in [9.17, 15) is 0 Å². The number of likely N-dealkylation sites (tertiary alicyclic amines) is 1. The first-order valence-corrected chi connectivity index (χ1v) is 8.29. The molecule has 104 valence electrons. The van der Waals surface area contributed by atoms with Crippen molar-refractivity contribution in [3.63, 3.8) is 0 Å². The monoisotopic (exact) mass is 250 g/mol. The summed E-state index contributed by atoms with van der Waals surface area (Å²) in [6.45, 7) is 9.36. The summed E-state index contributed by atoms with van der Waals surface area (Å²) < 4.78 is 0. The first-order valence-electron chi connectivity index (χ1n) is 8.29. The van der Waals surface area contributed by atoms with Crippen LogP contribution in [0.3, 0.4) is 0 Å². The quantitative estimate of drug-likeness (QED) is 0.743. The second kappa shape index (κ2) is 5.92. The molecule has 3 aliphatic rings. The van der Waals surface area contributed by atoms with Crippen LogP contribution < -0.4 is 0 Å². The molecule has 2 nitrogen and oxygen atoms in total. The van der Waals surface area contributed by atoms with Gasteiger partial charge in [0.2, 0.25) is 0 Å². The van der Waals surface area contributed by atoms with Crippen molar-refractivity contribution >= 4 is 0 Å². The molecule has 0 bridgehead atoms. The molecule has 0 aliphatic carbocycles. The number of nitrogens with zero attached hydrogens (tertiary/aromatic N) is 2. The molecule has 0 amide bonds. The van der Waals surface area contributed by atoms with Gasteiger partial charge in [-0.2, -0.15) is 0 Å². The lowest BCUT2D eigenvalue weighted by Crippen LogP contribution is -2.53. The molecule has 3 aliphatic heterocycles. The summed E-state index contributed by atoms with van der Waals surface area (Å²) >= 11 is 0. The first kappa shape index (κ1) is 12.9. The van der Waals surface area contributed by atoms with E-state index in [1.807, 2.05) is 0 Å². The van der Waals surface area contributed by atoms with Crippen LogP contribution in [0.1, 0.15) is 51.9 Å². The summed E-state index contributed by atoms with van der Waals surface area (Å²) in [5.41, 5.74) is 0. The van der Waals surface area contributed by atoms with Crippen LogP contribution in [0.4, 0.5) is 0 Å². The average Bonchev–Trinajstić information content (AvgIpc) is 2.40. The number of piperidine rings is 3. The Labute approximate surface area is 113 Å². The Balaban J connectivity index is 1.60. The molecule has 0 N–H and O–H groups in total. The summed E-state index contributed by atoms with van der Waals surface area (Å²) in [5.74, 6) is 1.89. The molecular formula is C16H30N2. The van der Waals surface area contributed by atoms with Crippen molar-refractivity contribution < 1.29 is 0 Å². The van der Waals surface area contributed by atoms with Crippen LogP contribution in [-0.4, -0.2) is 48.6 Å². The maximum atomic E-state index is 2.83. The van der Waals surface area contributed by atoms with E-state index in [4.69, 9.17) is 0 Å². The van der Waals surface area contributed by atoms with Gasteiger partial charge in [0, 0.05) is 19.1 Å². The molecule has 0 unspecified atom stereocenters. The van der Waals surface area contributed by atoms with Crippen LogP contribution in [0.15, 0.2) is 0 Å². The fourth-order valence-corrected chi connectivity index (χ4v) is 4.60. The molecule has 0 saturated carbocycles. The third-order valence-electron chi connectivity index (χ3n) is 5.40. The van der Waals surface area contributed by atoms with E-state index < -0.39 is 0 Å². The Hall–Kier alpha value is -0.0800. The van der Waals surface area contributed by atoms with Crippen LogP contribution in [0.5, 0.6) is 0 Å². The fourth-order valence-electron chi connectivity index (χ4n) is 4.60. The molecule has 0 aromatic rings. The molecule has 0 spiro atoms. The Morgan fingerprint density at radius 3 is 2.56 bits per heavy atom. The minimum atomic E-state index is 0.925. The number of hydrogen-bond donors (Lipinski definition) is 0. The maximum Gasteiger partial charge on any atom is 0.0136 e. The molecule has 0 radical (unpaired) electrons. The topological polar surface area (TPSA) is 6.48 Å². The van der Waals surface area contributed by atoms with E-state index >= 15 is 0 Å². The van der Waals surface area contributed by atoms with Crippen molar-refractivity contribution in [3.05, 3.63) is 0 Å². The number of hydrogen-bond acceptors (Lipinski definition) is 2. The van der Waals surface area contributed by atoms with Crippen LogP contribution in [0.25, 0.3) is 0 Å². The largest absolute Gasteiger partial charge is 0.303 e. The van der Waals surface area contributed by atoms with Gasteiger partial charge in [-0.15, -0.1) is 0 Å². The summed E-state index contributed by atoms with van der Waals surface area (Å²) in [6, 6.07) is 0.928. The standard InChI is InChI=1S/C16H30N2/c1-14-11-15(13-17-8-4-2-5-9-17)16-7-3-6-10-18(16)12-14/h14-16H,2-13H2,1H3/t14-,15+,16+/m0/s1. The zero-order valence-electron chi connectivity index (χ0n) is 12.1. The van der Waals surface area contributed by atoms with Crippen LogP contribution in [-0.2, 0) is 0 Å². The highest BCUT2D eigenvalue weighted by Gasteiger charge is 2.36. The molecule has 3 saturated heterocycles. The van der Waals surface area contributed by atoms with Crippen molar-refractivity contribution in [3.8, 4) is 0 Å². The van der Waals surface area contributed by atoms with Gasteiger partial charge in [0.1, 0.15) is 0 Å². The van der Waals surface area contributed by atoms with Gasteiger partial charge in [0.05, 0.1) is 0 Å². The summed E-state index contributed by atoms with van der Waals surface area (Å²) in [6.07, 6.45) is 10.2. The van der Waals surface area contributed by atoms with Gasteiger partial charge in [-0.1, -0.05) is 19.8 Å². The second-order valence-electron chi connectivity index (χ2n) is 7.02. The van der Waals surface area contributed by atoms with Crippen molar-refractivity contribution in [1.29, 1.82) is 0 Å². The maximum absolute atomic E-state index is 2.83. The van der Waals surface area contributed by atoms with E-state index in [0.717, 1.165) is 17.9 Å². The lowest BCUT2D eigenvalue weighted by atomic mass is 9.79. The summed E-state index contributed by atoms with van der Waals surface area (Å²) in [4.78, 5) is 5.59. The van der Waals surface area contributed by atoms with Crippen molar-refractivity contribution in [2.24, 2.45) is 11.8 Å². The van der Waals surface area contributed by atoms with E-state index in [1.165, 1.54) is 77.7 Å². The van der Waals surface area contributed by atoms with Crippen LogP contribution in [0.2, 0.25) is 0 Å². The van der Waals surface area contributed by atoms with Gasteiger partial charge < -0.3 is 4.90 Å². The van der Waals surface area contributed by atoms with E-state index in [1.54, 1.807) is 0 Å². The fraction of sp³-hybridized carbons (Fsp3) is 1.00. The zero-order valence-corrected chi connectivity index (χ0v) is 12.1. The number of rotatable bonds is 2. The molecule has 3 atom stereocenters. The SMILES string of the molecule is C[C@H]1C[C@H](CN2CCCCC2)[C@H]2CCCCN2C1. The molecule has 3 rings (SSSR count). The molecule has 2 heteroatoms. The summed E-state index contributed by atoms with van der Waals surface area (Å²) in [5, 5.41) is 0. The molecule has 18 heavy (non-hydrogen) atoms. The van der Waals surface area contributed by atoms with Crippen LogP contribution in [0, 0.1) is 11.8 Å². The van der Waals surface area contributed by atoms with Crippen molar-refractivity contribution in [2.75, 3.05) is 32.7 Å². The third kappa shape index (κ3) is 2.91. The minimum absolute atomic E-state index is 0.925. The molecular weight excluding hydrogens is 220 g/mol. The normalized spacial score (nSPS) is 39.5. The smallest absolute Gasteiger partial charge is 0.0136 e. The lowest BCUT2D eigenvalue weighted by molar-refractivity contribution is 0.0140. The van der Waals surface area contributed by atoms with Crippen LogP contribution >= 0.6 is 0 Å². The van der Waals surface area contributed by atoms with Gasteiger partial charge in [-0.05, 0) is 63.6 Å². The van der Waals surface area contributed by atoms with E-state index in [2.05, 4.69) is 16.7 Å². The van der Waals surface area contributed by atoms with E-state index in [-0.39, 0.29) is 0 Å². The van der Waals surface area contributed by atoms with Crippen molar-refractivity contribution in [2.45, 2.75) is 57.9 Å². The molecule has 0 aromatic heterocycles. The van der Waals surface area contributed by atoms with Gasteiger partial charge in [-0.25, -0.2) is 0 Å². The zero-order chi connectivity index (χ0) is 12.4. The minimum Gasteiger partial charge on any atom is -0.303 e. The van der Waals surface area contributed by atoms with Gasteiger partial charge >= 0.3 is 0 Å². The van der Waals surface area contributed by atoms with Crippen molar-refractivity contribution in [1.82, 2.24) is 9.80 Å². The summed E-state index contributed by atoms with van der Waals surface area (Å²) in [7, 11) is 0. The Morgan fingerprint density at radius 1 is 0.944 bits per heavy atom. The predicted molar refractivity (Wildman–Crippen MR) is 76.8 cm³/mol. The molecule has 0 aromatic carbocycles. The third-order valence-corrected chi connectivity index (χ3v) is 5.40. The highest BCUT2D eigenvalue weighted by Crippen LogP contribution is 2.34. The lowest BCUT2D eigenvalue weighted by Gasteiger charge is -2.48. The Morgan fingerprint density at radius 2 is 1.72 bits per heavy atom. The Bertz CT molecular complexity index is 260. The molecule has 3 fully saturated rings. The molecule has 3 heterocycles. The van der Waals surface area contributed by atoms with E-state index in [0.29, 0.717) is 0 Å². The highest BCUT2D eigenvalue weighted by atomic mass is 15.2. The Kier molecular flexibility index (Phi) is 4.25. The number of fused-ring (bicyclic) bond motifs is 1. The van der Waals surface area contributed by atoms with Gasteiger partial charge in [-0.3, -0.25) is 4.90 Å². The second-order valence-corrected chi connectivity index (χ2v) is 7.02. The van der Waals surface area contributed by atoms with Gasteiger partial charge in [0.25, 0.3) is 0 Å². The highest BCUT2D eigenvalue weighted by molar-refractivity contribution is 4.91.